The van der Waals surface area contributed by atoms with Gasteiger partial charge >= 0.3 is 0 Å². The van der Waals surface area contributed by atoms with Crippen molar-refractivity contribution in [3.63, 3.8) is 0 Å². The zero-order valence-corrected chi connectivity index (χ0v) is 32.5. The monoisotopic (exact) mass is 754 g/mol. The third-order valence-corrected chi connectivity index (χ3v) is 16.6. The molecule has 0 radical (unpaired) electrons. The predicted octanol–water partition coefficient (Wildman–Crippen LogP) is 5.46. The molecule has 7 atom stereocenters. The molecule has 3 aliphatic heterocycles. The van der Waals surface area contributed by atoms with Gasteiger partial charge in [0.05, 0.1) is 29.2 Å². The Morgan fingerprint density at radius 1 is 1.12 bits per heavy atom. The molecule has 4 aliphatic carbocycles. The number of β-amino-alcohol motifs (C(OH)–C–C–N with tert-alkyl or cyclic N) is 1. The van der Waals surface area contributed by atoms with Crippen molar-refractivity contribution < 1.29 is 27.9 Å². The summed E-state index contributed by atoms with van der Waals surface area (Å²) in [6.07, 6.45) is 12.4. The number of aliphatic hydroxyl groups is 1. The molecule has 1 saturated heterocycles. The number of hydrogen-bond donors (Lipinski definition) is 2. The number of nitrogens with one attached hydrogen (secondary N) is 1. The van der Waals surface area contributed by atoms with Crippen molar-refractivity contribution in [1.82, 2.24) is 14.5 Å². The van der Waals surface area contributed by atoms with Crippen LogP contribution in [-0.4, -0.2) is 97.4 Å². The summed E-state index contributed by atoms with van der Waals surface area (Å²) < 4.78 is 35.5. The van der Waals surface area contributed by atoms with E-state index in [4.69, 9.17) is 16.3 Å². The summed E-state index contributed by atoms with van der Waals surface area (Å²) in [6, 6.07) is 5.46. The Morgan fingerprint density at radius 3 is 2.69 bits per heavy atom. The minimum atomic E-state index is -3.95. The second-order valence-electron chi connectivity index (χ2n) is 17.6. The fraction of sp³-hybridized carbons (Fsp3) is 0.700. The van der Waals surface area contributed by atoms with Crippen molar-refractivity contribution in [2.24, 2.45) is 29.1 Å². The van der Waals surface area contributed by atoms with Gasteiger partial charge in [0.1, 0.15) is 5.75 Å². The van der Waals surface area contributed by atoms with Crippen LogP contribution in [0.15, 0.2) is 41.0 Å². The molecule has 1 spiro atoms. The van der Waals surface area contributed by atoms with Crippen LogP contribution >= 0.6 is 11.6 Å². The Hall–Kier alpha value is -2.60. The second kappa shape index (κ2) is 13.3. The highest BCUT2D eigenvalue weighted by atomic mass is 35.5. The zero-order valence-electron chi connectivity index (χ0n) is 30.9. The number of hydrogen-bond acceptors (Lipinski definition) is 8. The average Bonchev–Trinajstić information content (AvgIpc) is 3.78. The van der Waals surface area contributed by atoms with Gasteiger partial charge in [-0.3, -0.25) is 14.5 Å². The highest BCUT2D eigenvalue weighted by Crippen LogP contribution is 2.55. The van der Waals surface area contributed by atoms with E-state index in [0.29, 0.717) is 69.8 Å². The molecule has 2 N–H and O–H groups in total. The number of amides is 2. The molecule has 0 aromatic heterocycles. The van der Waals surface area contributed by atoms with Crippen LogP contribution in [0.3, 0.4) is 0 Å². The number of halogens is 1. The maximum atomic E-state index is 13.7. The van der Waals surface area contributed by atoms with Crippen LogP contribution in [-0.2, 0) is 14.8 Å². The number of sulfonamides is 1. The molecule has 7 aliphatic rings. The Morgan fingerprint density at radius 2 is 1.94 bits per heavy atom. The predicted molar refractivity (Wildman–Crippen MR) is 202 cm³/mol. The van der Waals surface area contributed by atoms with E-state index in [9.17, 15) is 23.1 Å². The van der Waals surface area contributed by atoms with E-state index in [-0.39, 0.29) is 41.0 Å². The lowest BCUT2D eigenvalue weighted by atomic mass is 9.61. The van der Waals surface area contributed by atoms with Gasteiger partial charge in [-0.25, -0.2) is 13.1 Å². The zero-order chi connectivity index (χ0) is 36.6. The van der Waals surface area contributed by atoms with E-state index in [1.807, 2.05) is 30.9 Å². The van der Waals surface area contributed by atoms with Crippen molar-refractivity contribution in [3.8, 4) is 5.75 Å². The molecule has 2 amide bonds. The van der Waals surface area contributed by atoms with Gasteiger partial charge in [-0.2, -0.15) is 0 Å². The number of carbonyl (C=O) groups excluding carboxylic acids is 2. The van der Waals surface area contributed by atoms with Crippen LogP contribution in [0.5, 0.6) is 5.75 Å². The lowest BCUT2D eigenvalue weighted by molar-refractivity contribution is -0.143. The third kappa shape index (κ3) is 6.39. The molecule has 2 bridgehead atoms. The lowest BCUT2D eigenvalue weighted by Gasteiger charge is -2.52. The normalized spacial score (nSPS) is 37.7. The fourth-order valence-electron chi connectivity index (χ4n) is 10.8. The maximum Gasteiger partial charge on any atom is 0.264 e. The number of carbonyl (C=O) groups is 2. The van der Waals surface area contributed by atoms with Gasteiger partial charge in [-0.1, -0.05) is 29.7 Å². The van der Waals surface area contributed by atoms with Crippen LogP contribution < -0.4 is 14.4 Å². The van der Waals surface area contributed by atoms with E-state index in [1.54, 1.807) is 13.0 Å². The van der Waals surface area contributed by atoms with Crippen molar-refractivity contribution in [2.75, 3.05) is 50.8 Å². The first-order valence-corrected chi connectivity index (χ1v) is 21.5. The summed E-state index contributed by atoms with van der Waals surface area (Å²) in [5.41, 5.74) is 1.28. The third-order valence-electron chi connectivity index (χ3n) is 14.2. The van der Waals surface area contributed by atoms with Crippen molar-refractivity contribution in [2.45, 2.75) is 101 Å². The van der Waals surface area contributed by atoms with Gasteiger partial charge in [0, 0.05) is 54.8 Å². The van der Waals surface area contributed by atoms with Gasteiger partial charge < -0.3 is 19.6 Å². The summed E-state index contributed by atoms with van der Waals surface area (Å²) in [4.78, 5) is 33.3. The molecule has 1 aromatic rings. The molecule has 8 rings (SSSR count). The fourth-order valence-corrected chi connectivity index (χ4v) is 12.6. The van der Waals surface area contributed by atoms with Crippen LogP contribution in [0, 0.1) is 29.1 Å². The first-order chi connectivity index (χ1) is 24.7. The minimum absolute atomic E-state index is 0.0289. The number of anilines is 1. The second-order valence-corrected chi connectivity index (χ2v) is 20.2. The first-order valence-electron chi connectivity index (χ1n) is 19.6. The summed E-state index contributed by atoms with van der Waals surface area (Å²) in [7, 11) is -3.95. The number of fused-ring (bicyclic) bond motifs is 5. The van der Waals surface area contributed by atoms with Gasteiger partial charge in [0.15, 0.2) is 0 Å². The highest BCUT2D eigenvalue weighted by molar-refractivity contribution is 7.91. The number of nitrogens with zero attached hydrogens (tertiary/aromatic N) is 3. The average molecular weight is 755 g/mol. The number of benzene rings is 1. The lowest BCUT2D eigenvalue weighted by Crippen LogP contribution is -2.60. The largest absolute Gasteiger partial charge is 0.491 e. The molecule has 1 unspecified atom stereocenters. The van der Waals surface area contributed by atoms with E-state index in [1.165, 1.54) is 5.57 Å². The van der Waals surface area contributed by atoms with Crippen molar-refractivity contribution in [3.05, 3.63) is 46.5 Å². The van der Waals surface area contributed by atoms with E-state index >= 15 is 0 Å². The minimum Gasteiger partial charge on any atom is -0.491 e. The Kier molecular flexibility index (Phi) is 9.31. The number of piperazine rings is 1. The summed E-state index contributed by atoms with van der Waals surface area (Å²) in [5.74, 6) is 0.618. The first kappa shape index (κ1) is 36.4. The van der Waals surface area contributed by atoms with Crippen LogP contribution in [0.4, 0.5) is 5.69 Å². The molecule has 3 heterocycles. The SMILES string of the molecule is CC(C)N1CCN(C[C@@]2(O)CCC[C@@H]3C[C@@]3(C)S(=O)(=O)NC(=O)c3ccc4c(c3)N(C[C@@H]3CC[C@H]32)C[C@@]2(CCCC3=CC(Cl)=CCC32)CO4)CC1=O. The van der Waals surface area contributed by atoms with Gasteiger partial charge in [-0.15, -0.1) is 0 Å². The van der Waals surface area contributed by atoms with E-state index < -0.39 is 26.3 Å². The van der Waals surface area contributed by atoms with Crippen LogP contribution in [0.1, 0.15) is 95.3 Å². The standard InChI is InChI=1S/C40H55ClN4O6S/c1-26(2)45-17-16-43(22-36(45)46)24-40(48)15-5-7-30-20-38(30,3)52(49,50)42-37(47)28-9-13-35-34(19-28)44(21-29-8-11-33(29)40)23-39(25-51-35)14-4-6-27-18-31(41)10-12-32(27)39/h9-10,13,18-19,26,29-30,32-33,48H,4-8,11-12,14-17,20-25H2,1-3H3,(H,42,47)/t29-,30+,32?,33+,38+,39-,40-/m0/s1. The summed E-state index contributed by atoms with van der Waals surface area (Å²) >= 11 is 6.52. The summed E-state index contributed by atoms with van der Waals surface area (Å²) in [6.45, 7) is 9.88. The van der Waals surface area contributed by atoms with Crippen LogP contribution in [0.2, 0.25) is 0 Å². The van der Waals surface area contributed by atoms with Gasteiger partial charge in [-0.05, 0) is 127 Å². The molecular weight excluding hydrogens is 700 g/mol. The van der Waals surface area contributed by atoms with Crippen LogP contribution in [0.25, 0.3) is 0 Å². The topological polar surface area (TPSA) is 119 Å². The van der Waals surface area contributed by atoms with E-state index in [2.05, 4.69) is 26.7 Å². The number of rotatable bonds is 3. The van der Waals surface area contributed by atoms with Gasteiger partial charge in [0.25, 0.3) is 5.91 Å². The van der Waals surface area contributed by atoms with Crippen molar-refractivity contribution in [1.29, 1.82) is 0 Å². The molecule has 284 valence electrons. The van der Waals surface area contributed by atoms with Crippen molar-refractivity contribution >= 4 is 39.1 Å². The number of allylic oxidation sites excluding steroid dienone is 4. The molecule has 10 nitrogen and oxygen atoms in total. The Labute approximate surface area is 314 Å². The molecule has 12 heteroatoms. The molecule has 3 saturated carbocycles. The number of ether oxygens (including phenoxy) is 1. The van der Waals surface area contributed by atoms with E-state index in [0.717, 1.165) is 62.3 Å². The van der Waals surface area contributed by atoms with Gasteiger partial charge in [0.2, 0.25) is 15.9 Å². The Balaban J connectivity index is 1.15. The molecule has 4 fully saturated rings. The maximum absolute atomic E-state index is 13.7. The molecule has 52 heavy (non-hydrogen) atoms. The highest BCUT2D eigenvalue weighted by Gasteiger charge is 2.60. The quantitative estimate of drug-likeness (QED) is 0.418. The smallest absolute Gasteiger partial charge is 0.264 e. The Bertz CT molecular complexity index is 1800. The molecule has 1 aromatic carbocycles. The molecular formula is C40H55ClN4O6S. The summed E-state index contributed by atoms with van der Waals surface area (Å²) in [5, 5.41) is 13.6.